The minimum absolute atomic E-state index is 0.148. The average molecular weight is 352 g/mol. The first kappa shape index (κ1) is 17.6. The molecule has 0 atom stereocenters. The summed E-state index contributed by atoms with van der Waals surface area (Å²) in [5, 5.41) is 11.7. The van der Waals surface area contributed by atoms with Crippen LogP contribution in [0.4, 0.5) is 5.95 Å². The molecular formula is C18H20N6O2. The Balaban J connectivity index is 1.72. The number of carbonyl (C=O) groups is 1. The van der Waals surface area contributed by atoms with Crippen LogP contribution in [0.2, 0.25) is 0 Å². The van der Waals surface area contributed by atoms with Crippen LogP contribution >= 0.6 is 0 Å². The lowest BCUT2D eigenvalue weighted by molar-refractivity contribution is 0.0949. The van der Waals surface area contributed by atoms with E-state index in [0.29, 0.717) is 22.9 Å². The van der Waals surface area contributed by atoms with Gasteiger partial charge in [0.15, 0.2) is 5.82 Å². The average Bonchev–Trinajstić information content (AvgIpc) is 2.72. The van der Waals surface area contributed by atoms with Crippen LogP contribution in [-0.2, 0) is 6.54 Å². The summed E-state index contributed by atoms with van der Waals surface area (Å²) >= 11 is 0. The van der Waals surface area contributed by atoms with Crippen LogP contribution < -0.4 is 15.0 Å². The Morgan fingerprint density at radius 2 is 2.08 bits per heavy atom. The van der Waals surface area contributed by atoms with Gasteiger partial charge in [-0.2, -0.15) is 20.2 Å². The van der Waals surface area contributed by atoms with Crippen LogP contribution in [0.3, 0.4) is 0 Å². The number of carbonyl (C=O) groups excluding carboxylic acids is 1. The molecule has 1 saturated heterocycles. The van der Waals surface area contributed by atoms with Gasteiger partial charge in [0.25, 0.3) is 5.91 Å². The van der Waals surface area contributed by atoms with Crippen molar-refractivity contribution in [3.8, 4) is 12.1 Å². The Labute approximate surface area is 151 Å². The Hall–Kier alpha value is -3.21. The van der Waals surface area contributed by atoms with Gasteiger partial charge in [0.05, 0.1) is 25.3 Å². The van der Waals surface area contributed by atoms with E-state index in [-0.39, 0.29) is 18.5 Å². The van der Waals surface area contributed by atoms with Crippen molar-refractivity contribution < 1.29 is 9.53 Å². The van der Waals surface area contributed by atoms with E-state index in [1.165, 1.54) is 13.5 Å². The third-order valence-electron chi connectivity index (χ3n) is 4.13. The molecule has 0 spiro atoms. The predicted molar refractivity (Wildman–Crippen MR) is 94.8 cm³/mol. The number of piperidine rings is 1. The fraction of sp³-hybridized carbons (Fsp3) is 0.389. The van der Waals surface area contributed by atoms with Gasteiger partial charge in [0, 0.05) is 18.7 Å². The van der Waals surface area contributed by atoms with Crippen molar-refractivity contribution >= 4 is 11.9 Å². The first-order valence-electron chi connectivity index (χ1n) is 8.52. The zero-order valence-electron chi connectivity index (χ0n) is 14.6. The van der Waals surface area contributed by atoms with Gasteiger partial charge in [0.2, 0.25) is 5.95 Å². The Morgan fingerprint density at radius 3 is 2.81 bits per heavy atom. The largest absolute Gasteiger partial charge is 0.467 e. The number of ether oxygens (including phenoxy) is 1. The van der Waals surface area contributed by atoms with Crippen molar-refractivity contribution in [1.29, 1.82) is 5.26 Å². The molecule has 3 rings (SSSR count). The number of benzene rings is 1. The molecule has 1 N–H and O–H groups in total. The second kappa shape index (κ2) is 8.25. The molecule has 134 valence electrons. The molecule has 2 heterocycles. The Morgan fingerprint density at radius 1 is 1.27 bits per heavy atom. The van der Waals surface area contributed by atoms with E-state index in [2.05, 4.69) is 25.2 Å². The van der Waals surface area contributed by atoms with E-state index >= 15 is 0 Å². The molecule has 1 amide bonds. The summed E-state index contributed by atoms with van der Waals surface area (Å²) in [6.07, 6.45) is 3.42. The summed E-state index contributed by atoms with van der Waals surface area (Å²) < 4.78 is 5.17. The molecule has 0 unspecified atom stereocenters. The maximum absolute atomic E-state index is 12.3. The van der Waals surface area contributed by atoms with E-state index in [0.717, 1.165) is 25.9 Å². The second-order valence-corrected chi connectivity index (χ2v) is 5.96. The van der Waals surface area contributed by atoms with Gasteiger partial charge in [-0.05, 0) is 37.5 Å². The number of methoxy groups -OCH3 is 1. The maximum Gasteiger partial charge on any atom is 0.321 e. The lowest BCUT2D eigenvalue weighted by Gasteiger charge is -2.26. The van der Waals surface area contributed by atoms with E-state index in [1.807, 2.05) is 6.07 Å². The monoisotopic (exact) mass is 352 g/mol. The smallest absolute Gasteiger partial charge is 0.321 e. The highest BCUT2D eigenvalue weighted by Crippen LogP contribution is 2.17. The van der Waals surface area contributed by atoms with Crippen LogP contribution in [0.5, 0.6) is 6.01 Å². The number of rotatable bonds is 5. The topological polar surface area (TPSA) is 104 Å². The van der Waals surface area contributed by atoms with Gasteiger partial charge in [0.1, 0.15) is 0 Å². The molecular weight excluding hydrogens is 332 g/mol. The molecule has 1 fully saturated rings. The number of aromatic nitrogens is 3. The molecule has 1 aliphatic heterocycles. The zero-order chi connectivity index (χ0) is 18.4. The van der Waals surface area contributed by atoms with Gasteiger partial charge < -0.3 is 15.0 Å². The van der Waals surface area contributed by atoms with Crippen molar-refractivity contribution in [2.75, 3.05) is 25.1 Å². The van der Waals surface area contributed by atoms with E-state index in [4.69, 9.17) is 10.00 Å². The highest BCUT2D eigenvalue weighted by Gasteiger charge is 2.17. The molecule has 0 radical (unpaired) electrons. The number of nitrogens with zero attached hydrogens (tertiary/aromatic N) is 5. The standard InChI is InChI=1S/C18H20N6O2/c1-26-18-22-15(21-17(23-18)24-8-3-2-4-9-24)12-20-16(25)14-7-5-6-13(10-14)11-19/h5-7,10H,2-4,8-9,12H2,1H3,(H,20,25). The molecule has 0 bridgehead atoms. The summed E-state index contributed by atoms with van der Waals surface area (Å²) in [7, 11) is 1.51. The van der Waals surface area contributed by atoms with Crippen LogP contribution in [0.15, 0.2) is 24.3 Å². The molecule has 0 aliphatic carbocycles. The molecule has 26 heavy (non-hydrogen) atoms. The van der Waals surface area contributed by atoms with E-state index in [1.54, 1.807) is 24.3 Å². The SMILES string of the molecule is COc1nc(CNC(=O)c2cccc(C#N)c2)nc(N2CCCCC2)n1. The van der Waals surface area contributed by atoms with E-state index < -0.39 is 0 Å². The van der Waals surface area contributed by atoms with Crippen LogP contribution in [0.25, 0.3) is 0 Å². The maximum atomic E-state index is 12.3. The van der Waals surface area contributed by atoms with Gasteiger partial charge in [-0.3, -0.25) is 4.79 Å². The molecule has 2 aromatic rings. The van der Waals surface area contributed by atoms with Gasteiger partial charge in [-0.15, -0.1) is 0 Å². The van der Waals surface area contributed by atoms with E-state index in [9.17, 15) is 4.79 Å². The number of anilines is 1. The van der Waals surface area contributed by atoms with Crippen molar-refractivity contribution in [3.63, 3.8) is 0 Å². The molecule has 8 heteroatoms. The quantitative estimate of drug-likeness (QED) is 0.873. The van der Waals surface area contributed by atoms with Gasteiger partial charge in [-0.25, -0.2) is 0 Å². The highest BCUT2D eigenvalue weighted by molar-refractivity contribution is 5.94. The number of nitrogens with one attached hydrogen (secondary N) is 1. The number of nitriles is 1. The summed E-state index contributed by atoms with van der Waals surface area (Å²) in [6, 6.07) is 8.78. The fourth-order valence-electron chi connectivity index (χ4n) is 2.78. The molecule has 8 nitrogen and oxygen atoms in total. The fourth-order valence-corrected chi connectivity index (χ4v) is 2.78. The molecule has 1 aromatic heterocycles. The van der Waals surface area contributed by atoms with Crippen LogP contribution in [-0.4, -0.2) is 41.1 Å². The summed E-state index contributed by atoms with van der Waals surface area (Å²) in [4.78, 5) is 27.4. The van der Waals surface area contributed by atoms with Crippen LogP contribution in [0, 0.1) is 11.3 Å². The zero-order valence-corrected chi connectivity index (χ0v) is 14.6. The number of hydrogen-bond acceptors (Lipinski definition) is 7. The third-order valence-corrected chi connectivity index (χ3v) is 4.13. The third kappa shape index (κ3) is 4.25. The number of amides is 1. The van der Waals surface area contributed by atoms with Crippen molar-refractivity contribution in [1.82, 2.24) is 20.3 Å². The molecule has 0 saturated carbocycles. The normalized spacial score (nSPS) is 13.8. The van der Waals surface area contributed by atoms with Crippen molar-refractivity contribution in [2.24, 2.45) is 0 Å². The highest BCUT2D eigenvalue weighted by atomic mass is 16.5. The second-order valence-electron chi connectivity index (χ2n) is 5.96. The lowest BCUT2D eigenvalue weighted by atomic mass is 10.1. The lowest BCUT2D eigenvalue weighted by Crippen LogP contribution is -2.32. The first-order chi connectivity index (χ1) is 12.7. The molecule has 1 aliphatic rings. The Kier molecular flexibility index (Phi) is 5.59. The van der Waals surface area contributed by atoms with Gasteiger partial charge in [-0.1, -0.05) is 6.07 Å². The minimum atomic E-state index is -0.291. The molecule has 1 aromatic carbocycles. The predicted octanol–water partition coefficient (Wildman–Crippen LogP) is 1.67. The van der Waals surface area contributed by atoms with Crippen molar-refractivity contribution in [3.05, 3.63) is 41.2 Å². The van der Waals surface area contributed by atoms with Gasteiger partial charge >= 0.3 is 6.01 Å². The Bertz CT molecular complexity index is 827. The van der Waals surface area contributed by atoms with Crippen LogP contribution in [0.1, 0.15) is 41.0 Å². The number of hydrogen-bond donors (Lipinski definition) is 1. The summed E-state index contributed by atoms with van der Waals surface area (Å²) in [5.41, 5.74) is 0.855. The summed E-state index contributed by atoms with van der Waals surface area (Å²) in [5.74, 6) is 0.718. The minimum Gasteiger partial charge on any atom is -0.467 e. The first-order valence-corrected chi connectivity index (χ1v) is 8.52. The summed E-state index contributed by atoms with van der Waals surface area (Å²) in [6.45, 7) is 1.95. The van der Waals surface area contributed by atoms with Crippen molar-refractivity contribution in [2.45, 2.75) is 25.8 Å².